The Labute approximate surface area is 153 Å². The third kappa shape index (κ3) is 4.00. The fourth-order valence-corrected chi connectivity index (χ4v) is 2.67. The highest BCUT2D eigenvalue weighted by Gasteiger charge is 2.16. The molecule has 0 aliphatic heterocycles. The fourth-order valence-electron chi connectivity index (χ4n) is 2.67. The molecule has 1 heterocycles. The minimum atomic E-state index is -0.0791. The Kier molecular flexibility index (Phi) is 5.49. The number of ether oxygens (including phenoxy) is 1. The molecule has 3 rings (SSSR count). The standard InChI is InChI=1S/C21H21N3O2/c1-3-24(19-7-5-4-6-8-19)21(25)16-13-18(15-22-14-16)23-17-9-11-20(26-2)12-10-17/h4-15,23H,3H2,1-2H3. The molecule has 132 valence electrons. The van der Waals surface area contributed by atoms with E-state index >= 15 is 0 Å². The van der Waals surface area contributed by atoms with Crippen LogP contribution in [0.4, 0.5) is 17.1 Å². The lowest BCUT2D eigenvalue weighted by Gasteiger charge is -2.21. The second-order valence-electron chi connectivity index (χ2n) is 5.70. The number of carbonyl (C=O) groups excluding carboxylic acids is 1. The summed E-state index contributed by atoms with van der Waals surface area (Å²) in [6.45, 7) is 2.54. The number of methoxy groups -OCH3 is 1. The van der Waals surface area contributed by atoms with Gasteiger partial charge >= 0.3 is 0 Å². The van der Waals surface area contributed by atoms with Crippen molar-refractivity contribution in [3.63, 3.8) is 0 Å². The van der Waals surface area contributed by atoms with Gasteiger partial charge in [-0.3, -0.25) is 9.78 Å². The van der Waals surface area contributed by atoms with Crippen LogP contribution in [0.25, 0.3) is 0 Å². The lowest BCUT2D eigenvalue weighted by Crippen LogP contribution is -2.30. The first kappa shape index (κ1) is 17.5. The van der Waals surface area contributed by atoms with Crippen LogP contribution in [0, 0.1) is 0 Å². The summed E-state index contributed by atoms with van der Waals surface area (Å²) in [7, 11) is 1.63. The molecule has 0 saturated carbocycles. The van der Waals surface area contributed by atoms with Crippen LogP contribution in [0.15, 0.2) is 73.1 Å². The molecule has 1 N–H and O–H groups in total. The monoisotopic (exact) mass is 347 g/mol. The van der Waals surface area contributed by atoms with Crippen LogP contribution in [-0.4, -0.2) is 24.5 Å². The largest absolute Gasteiger partial charge is 0.497 e. The number of carbonyl (C=O) groups is 1. The van der Waals surface area contributed by atoms with Gasteiger partial charge in [-0.1, -0.05) is 18.2 Å². The van der Waals surface area contributed by atoms with Gasteiger partial charge in [0.05, 0.1) is 24.6 Å². The van der Waals surface area contributed by atoms with Gasteiger partial charge in [-0.25, -0.2) is 0 Å². The summed E-state index contributed by atoms with van der Waals surface area (Å²) in [5.41, 5.74) is 3.06. The van der Waals surface area contributed by atoms with Crippen molar-refractivity contribution in [2.45, 2.75) is 6.92 Å². The van der Waals surface area contributed by atoms with E-state index in [0.29, 0.717) is 12.1 Å². The molecule has 0 aliphatic carbocycles. The molecular formula is C21H21N3O2. The van der Waals surface area contributed by atoms with Crippen LogP contribution < -0.4 is 15.0 Å². The van der Waals surface area contributed by atoms with E-state index < -0.39 is 0 Å². The number of amides is 1. The zero-order valence-corrected chi connectivity index (χ0v) is 14.8. The predicted octanol–water partition coefficient (Wildman–Crippen LogP) is 4.50. The van der Waals surface area contributed by atoms with E-state index in [1.807, 2.05) is 67.6 Å². The molecule has 5 nitrogen and oxygen atoms in total. The van der Waals surface area contributed by atoms with E-state index in [4.69, 9.17) is 4.74 Å². The average Bonchev–Trinajstić information content (AvgIpc) is 2.70. The zero-order valence-electron chi connectivity index (χ0n) is 14.8. The Hall–Kier alpha value is -3.34. The summed E-state index contributed by atoms with van der Waals surface area (Å²) in [5.74, 6) is 0.712. The van der Waals surface area contributed by atoms with Gasteiger partial charge in [0, 0.05) is 24.1 Å². The summed E-state index contributed by atoms with van der Waals surface area (Å²) >= 11 is 0. The van der Waals surface area contributed by atoms with Gasteiger partial charge in [0.1, 0.15) is 5.75 Å². The average molecular weight is 347 g/mol. The van der Waals surface area contributed by atoms with E-state index in [9.17, 15) is 4.79 Å². The van der Waals surface area contributed by atoms with Crippen molar-refractivity contribution in [1.82, 2.24) is 4.98 Å². The van der Waals surface area contributed by atoms with E-state index in [-0.39, 0.29) is 5.91 Å². The highest BCUT2D eigenvalue weighted by molar-refractivity contribution is 6.06. The normalized spacial score (nSPS) is 10.2. The van der Waals surface area contributed by atoms with E-state index in [0.717, 1.165) is 22.8 Å². The quantitative estimate of drug-likeness (QED) is 0.713. The Balaban J connectivity index is 1.80. The van der Waals surface area contributed by atoms with Crippen molar-refractivity contribution in [2.24, 2.45) is 0 Å². The number of benzene rings is 2. The van der Waals surface area contributed by atoms with Crippen molar-refractivity contribution >= 4 is 23.0 Å². The number of para-hydroxylation sites is 1. The second-order valence-corrected chi connectivity index (χ2v) is 5.70. The first-order chi connectivity index (χ1) is 12.7. The minimum Gasteiger partial charge on any atom is -0.497 e. The molecule has 0 aliphatic rings. The van der Waals surface area contributed by atoms with Gasteiger partial charge in [-0.05, 0) is 49.4 Å². The number of pyridine rings is 1. The first-order valence-electron chi connectivity index (χ1n) is 8.44. The highest BCUT2D eigenvalue weighted by Crippen LogP contribution is 2.22. The number of anilines is 3. The molecule has 0 bridgehead atoms. The molecule has 26 heavy (non-hydrogen) atoms. The van der Waals surface area contributed by atoms with Crippen LogP contribution in [-0.2, 0) is 0 Å². The predicted molar refractivity (Wildman–Crippen MR) is 104 cm³/mol. The smallest absolute Gasteiger partial charge is 0.259 e. The maximum Gasteiger partial charge on any atom is 0.259 e. The van der Waals surface area contributed by atoms with Crippen molar-refractivity contribution in [2.75, 3.05) is 23.9 Å². The van der Waals surface area contributed by atoms with Crippen molar-refractivity contribution < 1.29 is 9.53 Å². The third-order valence-electron chi connectivity index (χ3n) is 3.99. The van der Waals surface area contributed by atoms with Crippen LogP contribution in [0.3, 0.4) is 0 Å². The van der Waals surface area contributed by atoms with Gasteiger partial charge in [0.2, 0.25) is 0 Å². The number of hydrogen-bond acceptors (Lipinski definition) is 4. The number of rotatable bonds is 6. The molecule has 0 atom stereocenters. The molecule has 0 fully saturated rings. The van der Waals surface area contributed by atoms with Crippen LogP contribution in [0.1, 0.15) is 17.3 Å². The summed E-state index contributed by atoms with van der Waals surface area (Å²) in [4.78, 5) is 18.8. The van der Waals surface area contributed by atoms with E-state index in [1.54, 1.807) is 24.4 Å². The van der Waals surface area contributed by atoms with Gasteiger partial charge in [-0.2, -0.15) is 0 Å². The Morgan fingerprint density at radius 2 is 1.77 bits per heavy atom. The van der Waals surface area contributed by atoms with Crippen molar-refractivity contribution in [3.05, 3.63) is 78.6 Å². The second kappa shape index (κ2) is 8.16. The number of nitrogens with one attached hydrogen (secondary N) is 1. The molecule has 3 aromatic rings. The van der Waals surface area contributed by atoms with Gasteiger partial charge in [0.25, 0.3) is 5.91 Å². The summed E-state index contributed by atoms with van der Waals surface area (Å²) < 4.78 is 5.16. The molecule has 2 aromatic carbocycles. The summed E-state index contributed by atoms with van der Waals surface area (Å²) in [6.07, 6.45) is 3.28. The van der Waals surface area contributed by atoms with E-state index in [2.05, 4.69) is 10.3 Å². The molecular weight excluding hydrogens is 326 g/mol. The zero-order chi connectivity index (χ0) is 18.4. The number of nitrogens with zero attached hydrogens (tertiary/aromatic N) is 2. The molecule has 5 heteroatoms. The number of hydrogen-bond donors (Lipinski definition) is 1. The van der Waals surface area contributed by atoms with Crippen LogP contribution >= 0.6 is 0 Å². The summed E-state index contributed by atoms with van der Waals surface area (Å²) in [6, 6.07) is 19.0. The molecule has 0 saturated heterocycles. The molecule has 0 unspecified atom stereocenters. The van der Waals surface area contributed by atoms with E-state index in [1.165, 1.54) is 0 Å². The van der Waals surface area contributed by atoms with Crippen molar-refractivity contribution in [1.29, 1.82) is 0 Å². The number of aromatic nitrogens is 1. The molecule has 1 amide bonds. The Morgan fingerprint density at radius 1 is 1.04 bits per heavy atom. The van der Waals surface area contributed by atoms with Gasteiger partial charge in [-0.15, -0.1) is 0 Å². The fraction of sp³-hybridized carbons (Fsp3) is 0.143. The maximum absolute atomic E-state index is 12.9. The van der Waals surface area contributed by atoms with Crippen LogP contribution in [0.2, 0.25) is 0 Å². The topological polar surface area (TPSA) is 54.5 Å². The SMILES string of the molecule is CCN(C(=O)c1cncc(Nc2ccc(OC)cc2)c1)c1ccccc1. The highest BCUT2D eigenvalue weighted by atomic mass is 16.5. The van der Waals surface area contributed by atoms with Crippen molar-refractivity contribution in [3.8, 4) is 5.75 Å². The van der Waals surface area contributed by atoms with Gasteiger partial charge < -0.3 is 15.0 Å². The minimum absolute atomic E-state index is 0.0791. The molecule has 1 aromatic heterocycles. The lowest BCUT2D eigenvalue weighted by atomic mass is 10.2. The summed E-state index contributed by atoms with van der Waals surface area (Å²) in [5, 5.41) is 3.26. The Bertz CT molecular complexity index is 864. The lowest BCUT2D eigenvalue weighted by molar-refractivity contribution is 0.0988. The molecule has 0 spiro atoms. The van der Waals surface area contributed by atoms with Gasteiger partial charge in [0.15, 0.2) is 0 Å². The first-order valence-corrected chi connectivity index (χ1v) is 8.44. The maximum atomic E-state index is 12.9. The Morgan fingerprint density at radius 3 is 2.42 bits per heavy atom. The molecule has 0 radical (unpaired) electrons. The third-order valence-corrected chi connectivity index (χ3v) is 3.99. The van der Waals surface area contributed by atoms with Crippen LogP contribution in [0.5, 0.6) is 5.75 Å².